The zero-order valence-corrected chi connectivity index (χ0v) is 19.2. The molecule has 0 aliphatic heterocycles. The predicted octanol–water partition coefficient (Wildman–Crippen LogP) is 6.64. The lowest BCUT2D eigenvalue weighted by atomic mass is 10.0. The Bertz CT molecular complexity index is 1550. The summed E-state index contributed by atoms with van der Waals surface area (Å²) in [5.74, 6) is -0.855. The normalized spacial score (nSPS) is 11.1. The predicted molar refractivity (Wildman–Crippen MR) is 134 cm³/mol. The fraction of sp³-hybridized carbons (Fsp3) is 0.107. The quantitative estimate of drug-likeness (QED) is 0.224. The summed E-state index contributed by atoms with van der Waals surface area (Å²) in [4.78, 5) is 33.9. The third-order valence-corrected chi connectivity index (χ3v) is 6.23. The molecule has 0 amide bonds. The molecule has 0 fully saturated rings. The summed E-state index contributed by atoms with van der Waals surface area (Å²) in [6, 6.07) is 22.1. The van der Waals surface area contributed by atoms with Crippen LogP contribution in [-0.4, -0.2) is 28.3 Å². The van der Waals surface area contributed by atoms with E-state index >= 15 is 0 Å². The number of benzene rings is 3. The highest BCUT2D eigenvalue weighted by Gasteiger charge is 2.19. The van der Waals surface area contributed by atoms with Crippen LogP contribution in [0.25, 0.3) is 33.1 Å². The molecule has 0 saturated carbocycles. The van der Waals surface area contributed by atoms with Crippen molar-refractivity contribution in [3.63, 3.8) is 0 Å². The van der Waals surface area contributed by atoms with Gasteiger partial charge in [-0.25, -0.2) is 9.78 Å². The number of Topliss-reactive ketones (excluding diaryl/α,β-unsaturated/α-hetero) is 1. The van der Waals surface area contributed by atoms with Crippen molar-refractivity contribution in [1.29, 1.82) is 0 Å². The van der Waals surface area contributed by atoms with Gasteiger partial charge in [0.15, 0.2) is 6.61 Å². The molecule has 6 heteroatoms. The number of aryl methyl sites for hydroxylation is 1. The molecule has 5 aromatic rings. The molecule has 0 aliphatic rings. The Balaban J connectivity index is 1.45. The van der Waals surface area contributed by atoms with E-state index in [1.165, 1.54) is 0 Å². The lowest BCUT2D eigenvalue weighted by Gasteiger charge is -2.11. The monoisotopic (exact) mass is 468 g/mol. The third kappa shape index (κ3) is 3.95. The number of carbonyl (C=O) groups is 2. The van der Waals surface area contributed by atoms with Crippen molar-refractivity contribution >= 4 is 45.2 Å². The minimum absolute atomic E-state index is 0.266. The molecule has 168 valence electrons. The summed E-state index contributed by atoms with van der Waals surface area (Å²) in [6.07, 6.45) is 2.53. The van der Waals surface area contributed by atoms with Crippen molar-refractivity contribution in [3.05, 3.63) is 101 Å². The Labute approximate surface area is 201 Å². The number of para-hydroxylation sites is 2. The van der Waals surface area contributed by atoms with Crippen molar-refractivity contribution in [1.82, 2.24) is 9.97 Å². The first-order chi connectivity index (χ1) is 16.6. The van der Waals surface area contributed by atoms with Crippen LogP contribution >= 0.6 is 11.6 Å². The fourth-order valence-corrected chi connectivity index (χ4v) is 4.41. The van der Waals surface area contributed by atoms with Gasteiger partial charge in [0.25, 0.3) is 0 Å². The standard InChI is InChI=1S/C28H21ClN2O3/c1-2-17-8-7-11-19-22(15-30-27(17)19)26(32)16-34-28(33)21-14-25(20-10-3-5-12-23(20)29)31-24-13-6-4-9-18(21)24/h3-15,30H,2,16H2,1H3. The zero-order chi connectivity index (χ0) is 23.7. The zero-order valence-electron chi connectivity index (χ0n) is 18.5. The molecule has 0 spiro atoms. The van der Waals surface area contributed by atoms with Gasteiger partial charge < -0.3 is 9.72 Å². The van der Waals surface area contributed by atoms with Crippen LogP contribution in [0, 0.1) is 0 Å². The van der Waals surface area contributed by atoms with Gasteiger partial charge in [0.05, 0.1) is 16.8 Å². The van der Waals surface area contributed by atoms with E-state index in [0.717, 1.165) is 22.9 Å². The van der Waals surface area contributed by atoms with Crippen molar-refractivity contribution in [2.75, 3.05) is 6.61 Å². The number of pyridine rings is 1. The summed E-state index contributed by atoms with van der Waals surface area (Å²) in [5, 5.41) is 2.01. The second-order valence-corrected chi connectivity index (χ2v) is 8.35. The Kier molecular flexibility index (Phi) is 5.86. The molecule has 34 heavy (non-hydrogen) atoms. The summed E-state index contributed by atoms with van der Waals surface area (Å²) in [7, 11) is 0. The molecule has 0 atom stereocenters. The highest BCUT2D eigenvalue weighted by molar-refractivity contribution is 6.33. The highest BCUT2D eigenvalue weighted by atomic mass is 35.5. The first kappa shape index (κ1) is 21.9. The molecule has 3 aromatic carbocycles. The molecule has 1 N–H and O–H groups in total. The number of nitrogens with zero attached hydrogens (tertiary/aromatic N) is 1. The number of halogens is 1. The lowest BCUT2D eigenvalue weighted by Crippen LogP contribution is -2.14. The average Bonchev–Trinajstić information content (AvgIpc) is 3.31. The largest absolute Gasteiger partial charge is 0.454 e. The van der Waals surface area contributed by atoms with Gasteiger partial charge >= 0.3 is 5.97 Å². The van der Waals surface area contributed by atoms with E-state index in [0.29, 0.717) is 38.3 Å². The molecule has 5 rings (SSSR count). The average molecular weight is 469 g/mol. The Morgan fingerprint density at radius 2 is 1.71 bits per heavy atom. The maximum atomic E-state index is 13.1. The number of aromatic nitrogens is 2. The van der Waals surface area contributed by atoms with Crippen molar-refractivity contribution in [3.8, 4) is 11.3 Å². The molecule has 0 saturated heterocycles. The molecular weight excluding hydrogens is 448 g/mol. The van der Waals surface area contributed by atoms with E-state index in [-0.39, 0.29) is 12.4 Å². The van der Waals surface area contributed by atoms with Gasteiger partial charge in [-0.05, 0) is 30.2 Å². The van der Waals surface area contributed by atoms with Gasteiger partial charge in [-0.3, -0.25) is 4.79 Å². The molecule has 0 unspecified atom stereocenters. The minimum atomic E-state index is -0.589. The second kappa shape index (κ2) is 9.12. The van der Waals surface area contributed by atoms with Gasteiger partial charge in [0.2, 0.25) is 5.78 Å². The van der Waals surface area contributed by atoms with Crippen LogP contribution in [0.4, 0.5) is 0 Å². The van der Waals surface area contributed by atoms with Crippen LogP contribution in [0.15, 0.2) is 79.0 Å². The number of ketones is 1. The van der Waals surface area contributed by atoms with Crippen LogP contribution < -0.4 is 0 Å². The van der Waals surface area contributed by atoms with E-state index in [1.54, 1.807) is 18.3 Å². The Hall–Kier alpha value is -3.96. The number of nitrogens with one attached hydrogen (secondary N) is 1. The number of hydrogen-bond acceptors (Lipinski definition) is 4. The minimum Gasteiger partial charge on any atom is -0.454 e. The summed E-state index contributed by atoms with van der Waals surface area (Å²) >= 11 is 6.37. The lowest BCUT2D eigenvalue weighted by molar-refractivity contribution is 0.0477. The topological polar surface area (TPSA) is 72.1 Å². The molecule has 0 bridgehead atoms. The van der Waals surface area contributed by atoms with Crippen LogP contribution in [-0.2, 0) is 11.2 Å². The van der Waals surface area contributed by atoms with Crippen LogP contribution in [0.2, 0.25) is 5.02 Å². The van der Waals surface area contributed by atoms with E-state index < -0.39 is 5.97 Å². The third-order valence-electron chi connectivity index (χ3n) is 5.90. The Morgan fingerprint density at radius 1 is 0.941 bits per heavy atom. The van der Waals surface area contributed by atoms with E-state index in [9.17, 15) is 9.59 Å². The fourth-order valence-electron chi connectivity index (χ4n) is 4.18. The number of esters is 1. The van der Waals surface area contributed by atoms with Crippen molar-refractivity contribution < 1.29 is 14.3 Å². The number of fused-ring (bicyclic) bond motifs is 2. The Morgan fingerprint density at radius 3 is 2.53 bits per heavy atom. The van der Waals surface area contributed by atoms with Crippen LogP contribution in [0.5, 0.6) is 0 Å². The van der Waals surface area contributed by atoms with E-state index in [4.69, 9.17) is 16.3 Å². The van der Waals surface area contributed by atoms with E-state index in [2.05, 4.69) is 16.9 Å². The van der Waals surface area contributed by atoms with Crippen LogP contribution in [0.1, 0.15) is 33.2 Å². The van der Waals surface area contributed by atoms with Crippen molar-refractivity contribution in [2.45, 2.75) is 13.3 Å². The summed E-state index contributed by atoms with van der Waals surface area (Å²) < 4.78 is 5.49. The van der Waals surface area contributed by atoms with Crippen LogP contribution in [0.3, 0.4) is 0 Å². The molecule has 2 heterocycles. The van der Waals surface area contributed by atoms with Gasteiger partial charge in [-0.2, -0.15) is 0 Å². The molecule has 0 aliphatic carbocycles. The SMILES string of the molecule is CCc1cccc2c(C(=O)COC(=O)c3cc(-c4ccccc4Cl)nc4ccccc34)c[nH]c12. The molecular formula is C28H21ClN2O3. The number of rotatable bonds is 6. The first-order valence-corrected chi connectivity index (χ1v) is 11.4. The van der Waals surface area contributed by atoms with Crippen molar-refractivity contribution in [2.24, 2.45) is 0 Å². The molecule has 0 radical (unpaired) electrons. The number of aromatic amines is 1. The number of ether oxygens (including phenoxy) is 1. The molecule has 2 aromatic heterocycles. The maximum absolute atomic E-state index is 13.1. The number of hydrogen-bond donors (Lipinski definition) is 1. The van der Waals surface area contributed by atoms with Gasteiger partial charge in [-0.1, -0.05) is 73.1 Å². The summed E-state index contributed by atoms with van der Waals surface area (Å²) in [6.45, 7) is 1.70. The molecule has 5 nitrogen and oxygen atoms in total. The van der Waals surface area contributed by atoms with Gasteiger partial charge in [0.1, 0.15) is 0 Å². The number of carbonyl (C=O) groups excluding carboxylic acids is 2. The van der Waals surface area contributed by atoms with Gasteiger partial charge in [-0.15, -0.1) is 0 Å². The smallest absolute Gasteiger partial charge is 0.339 e. The summed E-state index contributed by atoms with van der Waals surface area (Å²) in [5.41, 5.74) is 4.82. The number of H-pyrrole nitrogens is 1. The van der Waals surface area contributed by atoms with Gasteiger partial charge in [0, 0.05) is 38.6 Å². The second-order valence-electron chi connectivity index (χ2n) is 7.95. The van der Waals surface area contributed by atoms with E-state index in [1.807, 2.05) is 60.7 Å². The maximum Gasteiger partial charge on any atom is 0.339 e. The first-order valence-electron chi connectivity index (χ1n) is 11.0. The highest BCUT2D eigenvalue weighted by Crippen LogP contribution is 2.30.